The lowest BCUT2D eigenvalue weighted by Crippen LogP contribution is -2.42. The molecular formula is C21H35N3O. The van der Waals surface area contributed by atoms with Gasteiger partial charge in [0.2, 0.25) is 0 Å². The normalized spacial score (nSPS) is 23.8. The quantitative estimate of drug-likeness (QED) is 0.822. The van der Waals surface area contributed by atoms with E-state index in [0.717, 1.165) is 32.8 Å². The molecule has 0 spiro atoms. The minimum atomic E-state index is 0.358. The van der Waals surface area contributed by atoms with Crippen LogP contribution in [0.15, 0.2) is 24.3 Å². The first-order valence-electron chi connectivity index (χ1n) is 10.1. The Bertz CT molecular complexity index is 514. The molecule has 1 atom stereocenters. The van der Waals surface area contributed by atoms with Crippen LogP contribution in [-0.2, 0) is 17.8 Å². The Hall–Kier alpha value is -0.940. The summed E-state index contributed by atoms with van der Waals surface area (Å²) < 4.78 is 5.64. The van der Waals surface area contributed by atoms with Crippen molar-refractivity contribution in [1.29, 1.82) is 0 Å². The maximum atomic E-state index is 5.64. The molecule has 0 aromatic heterocycles. The van der Waals surface area contributed by atoms with Crippen molar-refractivity contribution < 1.29 is 4.74 Å². The van der Waals surface area contributed by atoms with Gasteiger partial charge in [-0.3, -0.25) is 4.90 Å². The van der Waals surface area contributed by atoms with Gasteiger partial charge in [-0.25, -0.2) is 0 Å². The highest BCUT2D eigenvalue weighted by molar-refractivity contribution is 5.23. The molecule has 1 aromatic rings. The summed E-state index contributed by atoms with van der Waals surface area (Å²) in [7, 11) is 0. The van der Waals surface area contributed by atoms with E-state index in [1.165, 1.54) is 50.0 Å². The summed E-state index contributed by atoms with van der Waals surface area (Å²) in [5.74, 6) is 0. The van der Waals surface area contributed by atoms with Crippen LogP contribution in [0.2, 0.25) is 0 Å². The molecule has 140 valence electrons. The minimum absolute atomic E-state index is 0.358. The Morgan fingerprint density at radius 3 is 2.68 bits per heavy atom. The molecule has 1 aromatic carbocycles. The van der Waals surface area contributed by atoms with Gasteiger partial charge in [-0.05, 0) is 56.9 Å². The lowest BCUT2D eigenvalue weighted by atomic mass is 10.0. The fraction of sp³-hybridized carbons (Fsp3) is 0.714. The molecule has 1 N–H and O–H groups in total. The van der Waals surface area contributed by atoms with Crippen molar-refractivity contribution in [2.75, 3.05) is 39.3 Å². The molecule has 0 unspecified atom stereocenters. The van der Waals surface area contributed by atoms with E-state index in [4.69, 9.17) is 4.74 Å². The van der Waals surface area contributed by atoms with Gasteiger partial charge in [0.1, 0.15) is 0 Å². The SMILES string of the molecule is CCCN1CCC(NCc2cccc(CN3CCO[C@@H](C)C3)c2)CC1. The van der Waals surface area contributed by atoms with Crippen LogP contribution >= 0.6 is 0 Å². The Balaban J connectivity index is 1.44. The van der Waals surface area contributed by atoms with Gasteiger partial charge in [-0.15, -0.1) is 0 Å². The molecule has 4 heteroatoms. The first kappa shape index (κ1) is 18.8. The van der Waals surface area contributed by atoms with Crippen molar-refractivity contribution in [3.05, 3.63) is 35.4 Å². The molecule has 2 heterocycles. The third kappa shape index (κ3) is 6.07. The van der Waals surface area contributed by atoms with Crippen LogP contribution in [0.4, 0.5) is 0 Å². The Labute approximate surface area is 153 Å². The number of likely N-dealkylation sites (tertiary alicyclic amines) is 1. The summed E-state index contributed by atoms with van der Waals surface area (Å²) in [4.78, 5) is 5.10. The van der Waals surface area contributed by atoms with Crippen LogP contribution in [0, 0.1) is 0 Å². The lowest BCUT2D eigenvalue weighted by molar-refractivity contribution is -0.0212. The fourth-order valence-corrected chi connectivity index (χ4v) is 4.07. The van der Waals surface area contributed by atoms with Crippen molar-refractivity contribution in [1.82, 2.24) is 15.1 Å². The number of ether oxygens (including phenoxy) is 1. The molecule has 2 saturated heterocycles. The third-order valence-electron chi connectivity index (χ3n) is 5.45. The summed E-state index contributed by atoms with van der Waals surface area (Å²) in [5, 5.41) is 3.78. The number of rotatable bonds is 7. The van der Waals surface area contributed by atoms with E-state index in [1.54, 1.807) is 0 Å². The molecule has 0 aliphatic carbocycles. The van der Waals surface area contributed by atoms with E-state index < -0.39 is 0 Å². The monoisotopic (exact) mass is 345 g/mol. The zero-order valence-electron chi connectivity index (χ0n) is 16.0. The Kier molecular flexibility index (Phi) is 7.29. The molecule has 25 heavy (non-hydrogen) atoms. The van der Waals surface area contributed by atoms with Crippen LogP contribution in [0.5, 0.6) is 0 Å². The minimum Gasteiger partial charge on any atom is -0.376 e. The van der Waals surface area contributed by atoms with E-state index in [9.17, 15) is 0 Å². The van der Waals surface area contributed by atoms with Crippen LogP contribution in [0.25, 0.3) is 0 Å². The maximum Gasteiger partial charge on any atom is 0.0674 e. The molecule has 3 rings (SSSR count). The van der Waals surface area contributed by atoms with E-state index in [1.807, 2.05) is 0 Å². The molecule has 0 radical (unpaired) electrons. The van der Waals surface area contributed by atoms with Crippen molar-refractivity contribution in [2.45, 2.75) is 58.3 Å². The predicted octanol–water partition coefficient (Wildman–Crippen LogP) is 2.87. The highest BCUT2D eigenvalue weighted by Gasteiger charge is 2.18. The number of nitrogens with zero attached hydrogens (tertiary/aromatic N) is 2. The first-order chi connectivity index (χ1) is 12.2. The molecule has 0 saturated carbocycles. The zero-order valence-corrected chi connectivity index (χ0v) is 16.0. The first-order valence-corrected chi connectivity index (χ1v) is 10.1. The summed E-state index contributed by atoms with van der Waals surface area (Å²) >= 11 is 0. The number of nitrogens with one attached hydrogen (secondary N) is 1. The zero-order chi connectivity index (χ0) is 17.5. The van der Waals surface area contributed by atoms with Crippen LogP contribution in [0.3, 0.4) is 0 Å². The number of morpholine rings is 1. The van der Waals surface area contributed by atoms with E-state index >= 15 is 0 Å². The van der Waals surface area contributed by atoms with Crippen LogP contribution in [0.1, 0.15) is 44.2 Å². The molecule has 0 bridgehead atoms. The van der Waals surface area contributed by atoms with Crippen molar-refractivity contribution in [3.63, 3.8) is 0 Å². The second kappa shape index (κ2) is 9.67. The van der Waals surface area contributed by atoms with Gasteiger partial charge in [0.15, 0.2) is 0 Å². The highest BCUT2D eigenvalue weighted by atomic mass is 16.5. The summed E-state index contributed by atoms with van der Waals surface area (Å²) in [6, 6.07) is 9.77. The molecular weight excluding hydrogens is 310 g/mol. The fourth-order valence-electron chi connectivity index (χ4n) is 4.07. The molecule has 2 aliphatic heterocycles. The molecule has 4 nitrogen and oxygen atoms in total. The van der Waals surface area contributed by atoms with E-state index in [2.05, 4.69) is 53.2 Å². The molecule has 2 aliphatic rings. The van der Waals surface area contributed by atoms with Crippen LogP contribution in [-0.4, -0.2) is 61.3 Å². The van der Waals surface area contributed by atoms with Gasteiger partial charge >= 0.3 is 0 Å². The van der Waals surface area contributed by atoms with E-state index in [-0.39, 0.29) is 0 Å². The molecule has 0 amide bonds. The maximum absolute atomic E-state index is 5.64. The largest absolute Gasteiger partial charge is 0.376 e. The number of benzene rings is 1. The summed E-state index contributed by atoms with van der Waals surface area (Å²) in [6.45, 7) is 13.2. The highest BCUT2D eigenvalue weighted by Crippen LogP contribution is 2.14. The average Bonchev–Trinajstić information content (AvgIpc) is 2.62. The second-order valence-electron chi connectivity index (χ2n) is 7.73. The summed E-state index contributed by atoms with van der Waals surface area (Å²) in [5.41, 5.74) is 2.83. The Morgan fingerprint density at radius 1 is 1.12 bits per heavy atom. The van der Waals surface area contributed by atoms with Gasteiger partial charge in [-0.1, -0.05) is 31.2 Å². The summed E-state index contributed by atoms with van der Waals surface area (Å²) in [6.07, 6.45) is 4.20. The topological polar surface area (TPSA) is 27.7 Å². The number of hydrogen-bond acceptors (Lipinski definition) is 4. The van der Waals surface area contributed by atoms with E-state index in [0.29, 0.717) is 12.1 Å². The van der Waals surface area contributed by atoms with Crippen LogP contribution < -0.4 is 5.32 Å². The number of hydrogen-bond donors (Lipinski definition) is 1. The van der Waals surface area contributed by atoms with Gasteiger partial charge in [0, 0.05) is 32.2 Å². The van der Waals surface area contributed by atoms with Gasteiger partial charge < -0.3 is 15.0 Å². The smallest absolute Gasteiger partial charge is 0.0674 e. The van der Waals surface area contributed by atoms with Crippen molar-refractivity contribution >= 4 is 0 Å². The second-order valence-corrected chi connectivity index (χ2v) is 7.73. The average molecular weight is 346 g/mol. The van der Waals surface area contributed by atoms with Gasteiger partial charge in [0.05, 0.1) is 12.7 Å². The standard InChI is InChI=1S/C21H35N3O/c1-3-9-23-10-7-21(8-11-23)22-15-19-5-4-6-20(14-19)17-24-12-13-25-18(2)16-24/h4-6,14,18,21-22H,3,7-13,15-17H2,1-2H3/t18-/m0/s1. The molecule has 2 fully saturated rings. The third-order valence-corrected chi connectivity index (χ3v) is 5.45. The van der Waals surface area contributed by atoms with Crippen molar-refractivity contribution in [3.8, 4) is 0 Å². The Morgan fingerprint density at radius 2 is 1.92 bits per heavy atom. The van der Waals surface area contributed by atoms with Gasteiger partial charge in [-0.2, -0.15) is 0 Å². The van der Waals surface area contributed by atoms with Gasteiger partial charge in [0.25, 0.3) is 0 Å². The van der Waals surface area contributed by atoms with Crippen molar-refractivity contribution in [2.24, 2.45) is 0 Å². The predicted molar refractivity (Wildman–Crippen MR) is 104 cm³/mol. The lowest BCUT2D eigenvalue weighted by Gasteiger charge is -2.32. The number of piperidine rings is 1.